The molecule has 0 aromatic heterocycles. The first kappa shape index (κ1) is 47.3. The molecular weight excluding hydrogens is 729 g/mol. The number of methoxy groups -OCH3 is 2. The Hall–Kier alpha value is -4.36. The zero-order valence-electron chi connectivity index (χ0n) is 38.6. The van der Waals surface area contributed by atoms with Crippen LogP contribution < -0.4 is 29.1 Å². The third-order valence-electron chi connectivity index (χ3n) is 11.8. The van der Waals surface area contributed by atoms with Gasteiger partial charge in [0.05, 0.1) is 14.2 Å². The van der Waals surface area contributed by atoms with Gasteiger partial charge in [-0.1, -0.05) is 89.8 Å². The van der Waals surface area contributed by atoms with Gasteiger partial charge < -0.3 is 33.8 Å². The number of anilines is 4. The van der Waals surface area contributed by atoms with Crippen LogP contribution in [0.4, 0.5) is 22.7 Å². The van der Waals surface area contributed by atoms with Crippen molar-refractivity contribution in [2.24, 2.45) is 0 Å². The van der Waals surface area contributed by atoms with Crippen molar-refractivity contribution in [3.05, 3.63) is 107 Å². The Bertz CT molecular complexity index is 1610. The topological polar surface area (TPSA) is 40.7 Å². The largest absolute Gasteiger partial charge is 0.496 e. The van der Waals surface area contributed by atoms with E-state index in [9.17, 15) is 0 Å². The lowest BCUT2D eigenvalue weighted by atomic mass is 9.87. The van der Waals surface area contributed by atoms with Crippen LogP contribution in [0.3, 0.4) is 0 Å². The Labute approximate surface area is 359 Å². The Kier molecular flexibility index (Phi) is 20.3. The Morgan fingerprint density at radius 1 is 0.441 bits per heavy atom. The standard InChI is InChI=1S/C52H78N4O3/c1-11-15-33-55(34-16-12-2)45-27-29-49(51(39-45)57-9)47(41-19-23-43(24-20-41)53(5)6)31-37-59-38-32-48(42-21-25-44(26-22-42)54(7)8)50-30-28-46(40-52(50)58-10)56(35-17-13-3)36-18-14-4/h19-30,39-40,47-48H,11-18,31-38H2,1-10H3. The number of unbranched alkanes of at least 4 members (excludes halogenated alkanes) is 4. The molecule has 7 heteroatoms. The van der Waals surface area contributed by atoms with Gasteiger partial charge in [0.2, 0.25) is 0 Å². The van der Waals surface area contributed by atoms with Crippen molar-refractivity contribution in [2.45, 2.75) is 104 Å². The highest BCUT2D eigenvalue weighted by Gasteiger charge is 2.23. The molecule has 4 aromatic carbocycles. The maximum Gasteiger partial charge on any atom is 0.124 e. The molecule has 0 radical (unpaired) electrons. The van der Waals surface area contributed by atoms with Crippen LogP contribution in [0.2, 0.25) is 0 Å². The lowest BCUT2D eigenvalue weighted by Crippen LogP contribution is -2.25. The van der Waals surface area contributed by atoms with Crippen molar-refractivity contribution in [2.75, 3.05) is 101 Å². The van der Waals surface area contributed by atoms with Crippen LogP contribution in [-0.4, -0.2) is 81.8 Å². The first-order valence-electron chi connectivity index (χ1n) is 22.7. The molecule has 0 aliphatic rings. The molecule has 0 fully saturated rings. The summed E-state index contributed by atoms with van der Waals surface area (Å²) in [5, 5.41) is 0. The van der Waals surface area contributed by atoms with E-state index >= 15 is 0 Å². The molecule has 2 unspecified atom stereocenters. The Morgan fingerprint density at radius 3 is 1.05 bits per heavy atom. The zero-order chi connectivity index (χ0) is 42.6. The average Bonchev–Trinajstić information content (AvgIpc) is 3.26. The highest BCUT2D eigenvalue weighted by Crippen LogP contribution is 2.40. The Balaban J connectivity index is 1.60. The van der Waals surface area contributed by atoms with Crippen molar-refractivity contribution < 1.29 is 14.2 Å². The van der Waals surface area contributed by atoms with Crippen molar-refractivity contribution in [1.82, 2.24) is 0 Å². The van der Waals surface area contributed by atoms with E-state index in [1.165, 1.54) is 96.4 Å². The first-order valence-corrected chi connectivity index (χ1v) is 22.7. The summed E-state index contributed by atoms with van der Waals surface area (Å²) in [5.74, 6) is 2.14. The van der Waals surface area contributed by atoms with Crippen LogP contribution in [-0.2, 0) is 4.74 Å². The minimum Gasteiger partial charge on any atom is -0.496 e. The van der Waals surface area contributed by atoms with E-state index in [2.05, 4.69) is 160 Å². The number of nitrogens with zero attached hydrogens (tertiary/aromatic N) is 4. The minimum atomic E-state index is 0.125. The summed E-state index contributed by atoms with van der Waals surface area (Å²) in [5.41, 5.74) is 9.83. The van der Waals surface area contributed by atoms with E-state index < -0.39 is 0 Å². The number of hydrogen-bond acceptors (Lipinski definition) is 7. The van der Waals surface area contributed by atoms with Crippen LogP contribution in [0.25, 0.3) is 0 Å². The molecule has 0 aliphatic carbocycles. The van der Waals surface area contributed by atoms with E-state index in [1.54, 1.807) is 0 Å². The molecule has 0 heterocycles. The lowest BCUT2D eigenvalue weighted by Gasteiger charge is -2.28. The molecule has 7 nitrogen and oxygen atoms in total. The predicted molar refractivity (Wildman–Crippen MR) is 255 cm³/mol. The first-order chi connectivity index (χ1) is 28.7. The van der Waals surface area contributed by atoms with Gasteiger partial charge in [0, 0.05) is 125 Å². The molecule has 59 heavy (non-hydrogen) atoms. The molecule has 4 rings (SSSR count). The molecule has 2 atom stereocenters. The maximum atomic E-state index is 6.64. The number of rotatable bonds is 28. The normalized spacial score (nSPS) is 12.2. The van der Waals surface area contributed by atoms with E-state index in [1.807, 2.05) is 14.2 Å². The second-order valence-corrected chi connectivity index (χ2v) is 16.5. The van der Waals surface area contributed by atoms with E-state index in [0.717, 1.165) is 50.5 Å². The van der Waals surface area contributed by atoms with E-state index in [4.69, 9.17) is 14.2 Å². The molecule has 0 N–H and O–H groups in total. The SMILES string of the molecule is CCCCN(CCCC)c1ccc(C(CCOCCC(c2ccc(N(C)C)cc2)c2ccc(N(CCCC)CCCC)cc2OC)c2ccc(N(C)C)cc2)c(OC)c1. The summed E-state index contributed by atoms with van der Waals surface area (Å²) in [6.07, 6.45) is 11.2. The fraction of sp³-hybridized carbons (Fsp3) is 0.538. The molecule has 0 spiro atoms. The third kappa shape index (κ3) is 13.8. The molecule has 4 aromatic rings. The van der Waals surface area contributed by atoms with Crippen LogP contribution in [0, 0.1) is 0 Å². The van der Waals surface area contributed by atoms with Crippen molar-refractivity contribution in [3.63, 3.8) is 0 Å². The van der Waals surface area contributed by atoms with Crippen molar-refractivity contribution in [1.29, 1.82) is 0 Å². The average molecular weight is 807 g/mol. The quantitative estimate of drug-likeness (QED) is 0.0530. The summed E-state index contributed by atoms with van der Waals surface area (Å²) in [7, 11) is 12.0. The lowest BCUT2D eigenvalue weighted by molar-refractivity contribution is 0.124. The monoisotopic (exact) mass is 807 g/mol. The van der Waals surface area contributed by atoms with Gasteiger partial charge in [-0.3, -0.25) is 0 Å². The minimum absolute atomic E-state index is 0.125. The summed E-state index contributed by atoms with van der Waals surface area (Å²) in [4.78, 5) is 9.37. The van der Waals surface area contributed by atoms with Crippen LogP contribution in [0.15, 0.2) is 84.9 Å². The van der Waals surface area contributed by atoms with E-state index in [0.29, 0.717) is 13.2 Å². The van der Waals surface area contributed by atoms with Gasteiger partial charge in [-0.2, -0.15) is 0 Å². The Morgan fingerprint density at radius 2 is 0.763 bits per heavy atom. The van der Waals surface area contributed by atoms with Crippen molar-refractivity contribution >= 4 is 22.7 Å². The van der Waals surface area contributed by atoms with Crippen LogP contribution in [0.5, 0.6) is 11.5 Å². The van der Waals surface area contributed by atoms with Gasteiger partial charge in [-0.05, 0) is 86.1 Å². The number of ether oxygens (including phenoxy) is 3. The fourth-order valence-corrected chi connectivity index (χ4v) is 8.02. The van der Waals surface area contributed by atoms with Gasteiger partial charge in [-0.15, -0.1) is 0 Å². The third-order valence-corrected chi connectivity index (χ3v) is 11.8. The van der Waals surface area contributed by atoms with Gasteiger partial charge in [0.25, 0.3) is 0 Å². The smallest absolute Gasteiger partial charge is 0.124 e. The van der Waals surface area contributed by atoms with Gasteiger partial charge in [0.1, 0.15) is 11.5 Å². The van der Waals surface area contributed by atoms with E-state index in [-0.39, 0.29) is 11.8 Å². The molecule has 0 aliphatic heterocycles. The fourth-order valence-electron chi connectivity index (χ4n) is 8.02. The van der Waals surface area contributed by atoms with Crippen LogP contribution >= 0.6 is 0 Å². The van der Waals surface area contributed by atoms with Gasteiger partial charge >= 0.3 is 0 Å². The summed E-state index contributed by atoms with van der Waals surface area (Å²) in [6.45, 7) is 14.6. The second kappa shape index (κ2) is 25.3. The zero-order valence-corrected chi connectivity index (χ0v) is 38.6. The molecule has 0 amide bonds. The molecule has 0 saturated heterocycles. The molecule has 324 valence electrons. The second-order valence-electron chi connectivity index (χ2n) is 16.5. The van der Waals surface area contributed by atoms with Crippen LogP contribution in [0.1, 0.15) is 126 Å². The summed E-state index contributed by atoms with van der Waals surface area (Å²) < 4.78 is 19.0. The summed E-state index contributed by atoms with van der Waals surface area (Å²) >= 11 is 0. The molecule has 0 saturated carbocycles. The predicted octanol–water partition coefficient (Wildman–Crippen LogP) is 12.4. The van der Waals surface area contributed by atoms with Crippen molar-refractivity contribution in [3.8, 4) is 11.5 Å². The number of hydrogen-bond donors (Lipinski definition) is 0. The van der Waals surface area contributed by atoms with Gasteiger partial charge in [-0.25, -0.2) is 0 Å². The highest BCUT2D eigenvalue weighted by atomic mass is 16.5. The molecular formula is C52H78N4O3. The highest BCUT2D eigenvalue weighted by molar-refractivity contribution is 5.58. The van der Waals surface area contributed by atoms with Gasteiger partial charge in [0.15, 0.2) is 0 Å². The maximum absolute atomic E-state index is 6.64. The summed E-state index contributed by atoms with van der Waals surface area (Å²) in [6, 6.07) is 31.7. The number of benzene rings is 4. The molecule has 0 bridgehead atoms.